The highest BCUT2D eigenvalue weighted by Gasteiger charge is 2.17. The van der Waals surface area contributed by atoms with Crippen LogP contribution < -0.4 is 0 Å². The second-order valence-electron chi connectivity index (χ2n) is 4.08. The minimum absolute atomic E-state index is 0.304. The molecule has 1 unspecified atom stereocenters. The third-order valence-corrected chi connectivity index (χ3v) is 2.92. The molecule has 2 rings (SSSR count). The van der Waals surface area contributed by atoms with Gasteiger partial charge in [0.2, 0.25) is 0 Å². The highest BCUT2D eigenvalue weighted by Crippen LogP contribution is 2.14. The first-order valence-corrected chi connectivity index (χ1v) is 6.06. The highest BCUT2D eigenvalue weighted by molar-refractivity contribution is 6.31. The van der Waals surface area contributed by atoms with E-state index in [1.54, 1.807) is 24.3 Å². The van der Waals surface area contributed by atoms with Crippen LogP contribution in [0, 0.1) is 0 Å². The molecule has 0 amide bonds. The molecule has 0 aliphatic carbocycles. The van der Waals surface area contributed by atoms with E-state index in [9.17, 15) is 9.90 Å². The van der Waals surface area contributed by atoms with E-state index in [-0.39, 0.29) is 5.78 Å². The van der Waals surface area contributed by atoms with E-state index in [0.717, 1.165) is 5.56 Å². The van der Waals surface area contributed by atoms with Crippen molar-refractivity contribution in [2.75, 3.05) is 0 Å². The fourth-order valence-electron chi connectivity index (χ4n) is 1.76. The molecule has 0 heterocycles. The molecule has 18 heavy (non-hydrogen) atoms. The number of halogens is 1. The Balaban J connectivity index is 2.10. The molecule has 2 aromatic carbocycles. The molecule has 0 aromatic heterocycles. The Bertz CT molecular complexity index is 537. The Hall–Kier alpha value is -1.64. The van der Waals surface area contributed by atoms with E-state index in [1.165, 1.54) is 0 Å². The molecule has 0 aliphatic heterocycles. The molecule has 1 N–H and O–H groups in total. The molecule has 92 valence electrons. The van der Waals surface area contributed by atoms with Gasteiger partial charge in [-0.15, -0.1) is 0 Å². The van der Waals surface area contributed by atoms with Gasteiger partial charge in [0.15, 0.2) is 5.78 Å². The number of benzene rings is 2. The van der Waals surface area contributed by atoms with E-state index in [1.807, 2.05) is 30.3 Å². The monoisotopic (exact) mass is 260 g/mol. The maximum absolute atomic E-state index is 12.0. The Morgan fingerprint density at radius 1 is 1.11 bits per heavy atom. The lowest BCUT2D eigenvalue weighted by Crippen LogP contribution is -2.22. The first-order valence-electron chi connectivity index (χ1n) is 5.68. The van der Waals surface area contributed by atoms with Crippen molar-refractivity contribution in [2.45, 2.75) is 12.5 Å². The second-order valence-corrected chi connectivity index (χ2v) is 4.52. The van der Waals surface area contributed by atoms with E-state index < -0.39 is 6.10 Å². The van der Waals surface area contributed by atoms with Gasteiger partial charge in [0.05, 0.1) is 0 Å². The van der Waals surface area contributed by atoms with Crippen molar-refractivity contribution in [1.29, 1.82) is 0 Å². The zero-order valence-corrected chi connectivity index (χ0v) is 10.5. The van der Waals surface area contributed by atoms with Gasteiger partial charge in [-0.05, 0) is 17.7 Å². The maximum atomic E-state index is 12.0. The van der Waals surface area contributed by atoms with Crippen molar-refractivity contribution in [1.82, 2.24) is 0 Å². The normalized spacial score (nSPS) is 12.1. The molecular formula is C15H13ClO2. The topological polar surface area (TPSA) is 37.3 Å². The average molecular weight is 261 g/mol. The van der Waals surface area contributed by atoms with Gasteiger partial charge in [-0.25, -0.2) is 0 Å². The molecule has 0 bridgehead atoms. The number of carbonyl (C=O) groups excluding carboxylic acids is 1. The SMILES string of the molecule is O=C(c1cccc(Cl)c1)C(O)Cc1ccccc1. The van der Waals surface area contributed by atoms with Crippen molar-refractivity contribution in [3.8, 4) is 0 Å². The zero-order valence-electron chi connectivity index (χ0n) is 9.71. The number of rotatable bonds is 4. The summed E-state index contributed by atoms with van der Waals surface area (Å²) in [5, 5.41) is 10.4. The third-order valence-electron chi connectivity index (χ3n) is 2.68. The first-order chi connectivity index (χ1) is 8.66. The standard InChI is InChI=1S/C15H13ClO2/c16-13-8-4-7-12(10-13)15(18)14(17)9-11-5-2-1-3-6-11/h1-8,10,14,17H,9H2. The predicted octanol–water partition coefficient (Wildman–Crippen LogP) is 3.13. The van der Waals surface area contributed by atoms with Gasteiger partial charge in [0.25, 0.3) is 0 Å². The van der Waals surface area contributed by atoms with Crippen LogP contribution in [0.3, 0.4) is 0 Å². The fourth-order valence-corrected chi connectivity index (χ4v) is 1.95. The molecule has 3 heteroatoms. The van der Waals surface area contributed by atoms with Crippen molar-refractivity contribution in [2.24, 2.45) is 0 Å². The van der Waals surface area contributed by atoms with Gasteiger partial charge in [-0.1, -0.05) is 54.1 Å². The Morgan fingerprint density at radius 3 is 2.50 bits per heavy atom. The van der Waals surface area contributed by atoms with E-state index >= 15 is 0 Å². The third kappa shape index (κ3) is 3.19. The van der Waals surface area contributed by atoms with Gasteiger partial charge >= 0.3 is 0 Å². The van der Waals surface area contributed by atoms with Gasteiger partial charge in [0, 0.05) is 17.0 Å². The Kier molecular flexibility index (Phi) is 4.13. The number of aliphatic hydroxyl groups excluding tert-OH is 1. The summed E-state index contributed by atoms with van der Waals surface area (Å²) in [7, 11) is 0. The highest BCUT2D eigenvalue weighted by atomic mass is 35.5. The summed E-state index contributed by atoms with van der Waals surface area (Å²) in [5.74, 6) is -0.304. The summed E-state index contributed by atoms with van der Waals surface area (Å²) in [6.45, 7) is 0. The first kappa shape index (κ1) is 12.8. The fraction of sp³-hybridized carbons (Fsp3) is 0.133. The van der Waals surface area contributed by atoms with Crippen LogP contribution in [0.25, 0.3) is 0 Å². The Morgan fingerprint density at radius 2 is 1.83 bits per heavy atom. The zero-order chi connectivity index (χ0) is 13.0. The predicted molar refractivity (Wildman–Crippen MR) is 71.9 cm³/mol. The molecule has 0 fully saturated rings. The smallest absolute Gasteiger partial charge is 0.191 e. The lowest BCUT2D eigenvalue weighted by Gasteiger charge is -2.09. The lowest BCUT2D eigenvalue weighted by molar-refractivity contribution is 0.0748. The molecule has 0 spiro atoms. The summed E-state index contributed by atoms with van der Waals surface area (Å²) in [4.78, 5) is 12.0. The van der Waals surface area contributed by atoms with Crippen LogP contribution in [-0.4, -0.2) is 17.0 Å². The van der Waals surface area contributed by atoms with Gasteiger partial charge < -0.3 is 5.11 Å². The molecule has 0 aliphatic rings. The maximum Gasteiger partial charge on any atom is 0.191 e. The molecular weight excluding hydrogens is 248 g/mol. The van der Waals surface area contributed by atoms with Crippen LogP contribution in [0.2, 0.25) is 5.02 Å². The van der Waals surface area contributed by atoms with Crippen LogP contribution in [0.1, 0.15) is 15.9 Å². The van der Waals surface area contributed by atoms with E-state index in [0.29, 0.717) is 17.0 Å². The summed E-state index contributed by atoms with van der Waals surface area (Å²) >= 11 is 5.82. The largest absolute Gasteiger partial charge is 0.385 e. The number of carbonyl (C=O) groups is 1. The number of Topliss-reactive ketones (excluding diaryl/α,β-unsaturated/α-hetero) is 1. The molecule has 2 aromatic rings. The van der Waals surface area contributed by atoms with Crippen molar-refractivity contribution >= 4 is 17.4 Å². The van der Waals surface area contributed by atoms with Gasteiger partial charge in [-0.2, -0.15) is 0 Å². The van der Waals surface area contributed by atoms with Gasteiger partial charge in [0.1, 0.15) is 6.10 Å². The molecule has 0 saturated heterocycles. The van der Waals surface area contributed by atoms with Crippen LogP contribution in [-0.2, 0) is 6.42 Å². The summed E-state index contributed by atoms with van der Waals surface area (Å²) in [5.41, 5.74) is 1.37. The number of hydrogen-bond donors (Lipinski definition) is 1. The average Bonchev–Trinajstić information content (AvgIpc) is 2.39. The molecule has 0 radical (unpaired) electrons. The van der Waals surface area contributed by atoms with Crippen LogP contribution >= 0.6 is 11.6 Å². The van der Waals surface area contributed by atoms with Crippen LogP contribution in [0.4, 0.5) is 0 Å². The number of aliphatic hydroxyl groups is 1. The summed E-state index contributed by atoms with van der Waals surface area (Å²) < 4.78 is 0. The summed E-state index contributed by atoms with van der Waals surface area (Å²) in [6, 6.07) is 16.0. The summed E-state index contributed by atoms with van der Waals surface area (Å²) in [6.07, 6.45) is -0.725. The minimum Gasteiger partial charge on any atom is -0.385 e. The quantitative estimate of drug-likeness (QED) is 0.858. The second kappa shape index (κ2) is 5.80. The van der Waals surface area contributed by atoms with E-state index in [4.69, 9.17) is 11.6 Å². The molecule has 1 atom stereocenters. The molecule has 2 nitrogen and oxygen atoms in total. The molecule has 0 saturated carbocycles. The van der Waals surface area contributed by atoms with Crippen LogP contribution in [0.5, 0.6) is 0 Å². The van der Waals surface area contributed by atoms with Crippen molar-refractivity contribution < 1.29 is 9.90 Å². The van der Waals surface area contributed by atoms with Crippen molar-refractivity contribution in [3.63, 3.8) is 0 Å². The van der Waals surface area contributed by atoms with E-state index in [2.05, 4.69) is 0 Å². The Labute approximate surface area is 111 Å². The number of hydrogen-bond acceptors (Lipinski definition) is 2. The lowest BCUT2D eigenvalue weighted by atomic mass is 10.0. The van der Waals surface area contributed by atoms with Crippen molar-refractivity contribution in [3.05, 3.63) is 70.7 Å². The van der Waals surface area contributed by atoms with Crippen LogP contribution in [0.15, 0.2) is 54.6 Å². The number of ketones is 1. The minimum atomic E-state index is -1.04. The van der Waals surface area contributed by atoms with Gasteiger partial charge in [-0.3, -0.25) is 4.79 Å².